The Morgan fingerprint density at radius 1 is 1.40 bits per heavy atom. The van der Waals surface area contributed by atoms with Crippen molar-refractivity contribution in [3.63, 3.8) is 0 Å². The molecule has 25 heavy (non-hydrogen) atoms. The van der Waals surface area contributed by atoms with Crippen molar-refractivity contribution in [2.24, 2.45) is 11.8 Å². The molecule has 0 aromatic carbocycles. The number of ether oxygens (including phenoxy) is 2. The van der Waals surface area contributed by atoms with Gasteiger partial charge in [0.2, 0.25) is 5.91 Å². The van der Waals surface area contributed by atoms with Crippen molar-refractivity contribution in [2.45, 2.75) is 37.5 Å². The molecule has 4 aliphatic heterocycles. The van der Waals surface area contributed by atoms with Crippen LogP contribution in [0.4, 0.5) is 4.79 Å². The topological polar surface area (TPSA) is 96.4 Å². The van der Waals surface area contributed by atoms with Crippen LogP contribution >= 0.6 is 0 Å². The molecular formula is C17H22N2O6. The summed E-state index contributed by atoms with van der Waals surface area (Å²) in [5.41, 5.74) is -0.789. The van der Waals surface area contributed by atoms with Gasteiger partial charge >= 0.3 is 12.1 Å². The average molecular weight is 350 g/mol. The fraction of sp³-hybridized carbons (Fsp3) is 0.706. The molecule has 0 aromatic heterocycles. The minimum absolute atomic E-state index is 0.00338. The van der Waals surface area contributed by atoms with Crippen molar-refractivity contribution < 1.29 is 29.0 Å². The monoisotopic (exact) mass is 350 g/mol. The zero-order chi connectivity index (χ0) is 17.8. The number of carbonyl (C=O) groups is 3. The lowest BCUT2D eigenvalue weighted by molar-refractivity contribution is -0.148. The highest BCUT2D eigenvalue weighted by molar-refractivity contribution is 5.91. The van der Waals surface area contributed by atoms with Gasteiger partial charge in [-0.3, -0.25) is 9.59 Å². The Hall–Kier alpha value is -2.09. The SMILES string of the molecule is CCOC(=O)N1CCC(N2C[C@]34C=C[C@H](O3)[C@@H](C(=O)O)[C@@H]4C2=O)CC1. The summed E-state index contributed by atoms with van der Waals surface area (Å²) in [6, 6.07) is 0.00338. The highest BCUT2D eigenvalue weighted by Gasteiger charge is 2.67. The molecule has 4 heterocycles. The predicted octanol–water partition coefficient (Wildman–Crippen LogP) is 0.474. The molecule has 0 aliphatic carbocycles. The quantitative estimate of drug-likeness (QED) is 0.744. The first-order chi connectivity index (χ1) is 12.0. The molecule has 0 aromatic rings. The van der Waals surface area contributed by atoms with E-state index in [1.807, 2.05) is 6.08 Å². The second-order valence-corrected chi connectivity index (χ2v) is 7.12. The smallest absolute Gasteiger partial charge is 0.409 e. The summed E-state index contributed by atoms with van der Waals surface area (Å²) in [5.74, 6) is -2.55. The predicted molar refractivity (Wildman–Crippen MR) is 84.7 cm³/mol. The first kappa shape index (κ1) is 16.4. The number of nitrogens with zero attached hydrogens (tertiary/aromatic N) is 2. The molecule has 4 rings (SSSR count). The Bertz CT molecular complexity index is 641. The Morgan fingerprint density at radius 2 is 2.12 bits per heavy atom. The zero-order valence-corrected chi connectivity index (χ0v) is 14.1. The van der Waals surface area contributed by atoms with Gasteiger partial charge in [-0.05, 0) is 19.8 Å². The lowest BCUT2D eigenvalue weighted by Gasteiger charge is -2.37. The molecule has 1 N–H and O–H groups in total. The highest BCUT2D eigenvalue weighted by atomic mass is 16.6. The van der Waals surface area contributed by atoms with Crippen molar-refractivity contribution in [1.82, 2.24) is 9.80 Å². The maximum absolute atomic E-state index is 12.9. The van der Waals surface area contributed by atoms with Crippen molar-refractivity contribution >= 4 is 18.0 Å². The molecule has 2 amide bonds. The standard InChI is InChI=1S/C17H22N2O6/c1-2-24-16(23)18-7-4-10(5-8-18)19-9-17-6-3-11(25-17)12(15(21)22)13(17)14(19)20/h3,6,10-13H,2,4-5,7-9H2,1H3,(H,21,22)/t11-,12+,13+,17-/m0/s1. The van der Waals surface area contributed by atoms with Crippen LogP contribution in [0, 0.1) is 11.8 Å². The lowest BCUT2D eigenvalue weighted by Crippen LogP contribution is -2.48. The zero-order valence-electron chi connectivity index (χ0n) is 14.1. The third-order valence-electron chi connectivity index (χ3n) is 5.85. The van der Waals surface area contributed by atoms with Gasteiger partial charge in [-0.1, -0.05) is 12.2 Å². The summed E-state index contributed by atoms with van der Waals surface area (Å²) in [5, 5.41) is 9.50. The van der Waals surface area contributed by atoms with E-state index in [-0.39, 0.29) is 18.0 Å². The number of aliphatic carboxylic acids is 1. The van der Waals surface area contributed by atoms with Gasteiger partial charge < -0.3 is 24.4 Å². The molecule has 1 spiro atoms. The van der Waals surface area contributed by atoms with E-state index in [9.17, 15) is 19.5 Å². The molecular weight excluding hydrogens is 328 g/mol. The van der Waals surface area contributed by atoms with Gasteiger partial charge in [0.25, 0.3) is 0 Å². The van der Waals surface area contributed by atoms with E-state index in [1.54, 1.807) is 22.8 Å². The van der Waals surface area contributed by atoms with E-state index in [0.717, 1.165) is 0 Å². The molecule has 0 saturated carbocycles. The number of likely N-dealkylation sites (tertiary alicyclic amines) is 2. The van der Waals surface area contributed by atoms with E-state index in [2.05, 4.69) is 0 Å². The number of carbonyl (C=O) groups excluding carboxylic acids is 2. The maximum atomic E-state index is 12.9. The van der Waals surface area contributed by atoms with Crippen molar-refractivity contribution in [3.8, 4) is 0 Å². The molecule has 0 unspecified atom stereocenters. The van der Waals surface area contributed by atoms with E-state index in [4.69, 9.17) is 9.47 Å². The number of amides is 2. The second-order valence-electron chi connectivity index (χ2n) is 7.12. The summed E-state index contributed by atoms with van der Waals surface area (Å²) >= 11 is 0. The number of carboxylic acids is 1. The van der Waals surface area contributed by atoms with Crippen LogP contribution in [0.2, 0.25) is 0 Å². The third kappa shape index (κ3) is 2.34. The molecule has 8 heteroatoms. The van der Waals surface area contributed by atoms with E-state index >= 15 is 0 Å². The number of rotatable bonds is 3. The van der Waals surface area contributed by atoms with E-state index in [1.165, 1.54) is 0 Å². The number of hydrogen-bond acceptors (Lipinski definition) is 5. The van der Waals surface area contributed by atoms with Crippen molar-refractivity contribution in [3.05, 3.63) is 12.2 Å². The number of piperidine rings is 1. The Labute approximate surface area is 145 Å². The van der Waals surface area contributed by atoms with Gasteiger partial charge in [0.1, 0.15) is 11.5 Å². The fourth-order valence-electron chi connectivity index (χ4n) is 4.69. The Balaban J connectivity index is 1.46. The molecule has 2 bridgehead atoms. The van der Waals surface area contributed by atoms with Crippen LogP contribution in [0.1, 0.15) is 19.8 Å². The molecule has 0 radical (unpaired) electrons. The minimum atomic E-state index is -0.978. The van der Waals surface area contributed by atoms with Gasteiger partial charge in [0.15, 0.2) is 0 Å². The largest absolute Gasteiger partial charge is 0.481 e. The Kier molecular flexibility index (Phi) is 3.75. The number of hydrogen-bond donors (Lipinski definition) is 1. The molecule has 3 fully saturated rings. The molecule has 8 nitrogen and oxygen atoms in total. The summed E-state index contributed by atoms with van der Waals surface area (Å²) in [6.45, 7) is 3.58. The van der Waals surface area contributed by atoms with E-state index < -0.39 is 29.5 Å². The second kappa shape index (κ2) is 5.72. The van der Waals surface area contributed by atoms with Gasteiger partial charge in [0, 0.05) is 19.1 Å². The number of carboxylic acid groups (broad SMARTS) is 1. The van der Waals surface area contributed by atoms with Crippen LogP contribution in [0.25, 0.3) is 0 Å². The first-order valence-corrected chi connectivity index (χ1v) is 8.79. The van der Waals surface area contributed by atoms with Crippen LogP contribution in [0.5, 0.6) is 0 Å². The van der Waals surface area contributed by atoms with Gasteiger partial charge in [-0.2, -0.15) is 0 Å². The first-order valence-electron chi connectivity index (χ1n) is 8.79. The Morgan fingerprint density at radius 3 is 2.76 bits per heavy atom. The molecule has 136 valence electrons. The summed E-state index contributed by atoms with van der Waals surface area (Å²) in [6.07, 6.45) is 4.15. The van der Waals surface area contributed by atoms with Crippen LogP contribution in [-0.4, -0.2) is 76.9 Å². The molecule has 3 saturated heterocycles. The molecule has 4 aliphatic rings. The van der Waals surface area contributed by atoms with Crippen LogP contribution in [-0.2, 0) is 19.1 Å². The van der Waals surface area contributed by atoms with Crippen molar-refractivity contribution in [2.75, 3.05) is 26.2 Å². The third-order valence-corrected chi connectivity index (χ3v) is 5.85. The van der Waals surface area contributed by atoms with Crippen LogP contribution in [0.3, 0.4) is 0 Å². The van der Waals surface area contributed by atoms with Gasteiger partial charge in [-0.25, -0.2) is 4.79 Å². The maximum Gasteiger partial charge on any atom is 0.409 e. The minimum Gasteiger partial charge on any atom is -0.481 e. The average Bonchev–Trinajstić information content (AvgIpc) is 3.23. The highest BCUT2D eigenvalue weighted by Crippen LogP contribution is 2.52. The van der Waals surface area contributed by atoms with Crippen LogP contribution in [0.15, 0.2) is 12.2 Å². The van der Waals surface area contributed by atoms with Crippen LogP contribution < -0.4 is 0 Å². The normalized spacial score (nSPS) is 36.8. The van der Waals surface area contributed by atoms with E-state index in [0.29, 0.717) is 39.1 Å². The summed E-state index contributed by atoms with van der Waals surface area (Å²) in [7, 11) is 0. The fourth-order valence-corrected chi connectivity index (χ4v) is 4.69. The lowest BCUT2D eigenvalue weighted by atomic mass is 9.77. The van der Waals surface area contributed by atoms with Gasteiger partial charge in [-0.15, -0.1) is 0 Å². The molecule has 4 atom stereocenters. The van der Waals surface area contributed by atoms with Crippen molar-refractivity contribution in [1.29, 1.82) is 0 Å². The summed E-state index contributed by atoms with van der Waals surface area (Å²) in [4.78, 5) is 39.8. The number of fused-ring (bicyclic) bond motifs is 1. The van der Waals surface area contributed by atoms with Gasteiger partial charge in [0.05, 0.1) is 25.2 Å². The summed E-state index contributed by atoms with van der Waals surface area (Å²) < 4.78 is 10.9.